The Morgan fingerprint density at radius 1 is 1.05 bits per heavy atom. The number of amides is 1. The molecule has 2 aliphatic rings. The number of fused-ring (bicyclic) bond motifs is 1. The van der Waals surface area contributed by atoms with Crippen LogP contribution in [0.4, 0.5) is 21.5 Å². The van der Waals surface area contributed by atoms with Crippen LogP contribution in [0.1, 0.15) is 49.3 Å². The quantitative estimate of drug-likeness (QED) is 0.316. The number of hydrogen-bond acceptors (Lipinski definition) is 5. The molecule has 0 aliphatic carbocycles. The lowest BCUT2D eigenvalue weighted by Gasteiger charge is -2.40. The Hall–Kier alpha value is -3.29. The molecule has 0 unspecified atom stereocenters. The highest BCUT2D eigenvalue weighted by Crippen LogP contribution is 2.38. The maximum Gasteiger partial charge on any atom is 0.227 e. The van der Waals surface area contributed by atoms with Crippen LogP contribution in [0, 0.1) is 5.82 Å². The van der Waals surface area contributed by atoms with Crippen molar-refractivity contribution >= 4 is 34.6 Å². The summed E-state index contributed by atoms with van der Waals surface area (Å²) in [6, 6.07) is 16.8. The van der Waals surface area contributed by atoms with E-state index < -0.39 is 11.4 Å². The molecule has 0 saturated carbocycles. The lowest BCUT2D eigenvalue weighted by molar-refractivity contribution is -0.119. The van der Waals surface area contributed by atoms with Crippen molar-refractivity contribution in [2.45, 2.75) is 57.6 Å². The van der Waals surface area contributed by atoms with Gasteiger partial charge >= 0.3 is 0 Å². The Bertz CT molecular complexity index is 1360. The predicted molar refractivity (Wildman–Crippen MR) is 159 cm³/mol. The summed E-state index contributed by atoms with van der Waals surface area (Å²) in [6.07, 6.45) is 4.00. The lowest BCUT2D eigenvalue weighted by atomic mass is 9.90. The molecule has 0 radical (unpaired) electrons. The first-order valence-electron chi connectivity index (χ1n) is 14.0. The molecule has 0 atom stereocenters. The normalized spacial score (nSPS) is 16.6. The summed E-state index contributed by atoms with van der Waals surface area (Å²) in [5.74, 6) is 0.200. The fourth-order valence-corrected chi connectivity index (χ4v) is 6.06. The number of carbonyl (C=O) groups excluding carboxylic acids is 1. The molecule has 3 aromatic carbocycles. The van der Waals surface area contributed by atoms with Gasteiger partial charge in [-0.2, -0.15) is 0 Å². The van der Waals surface area contributed by atoms with E-state index in [0.717, 1.165) is 46.1 Å². The van der Waals surface area contributed by atoms with Gasteiger partial charge in [-0.05, 0) is 73.2 Å². The third kappa shape index (κ3) is 6.06. The number of hydrogen-bond donors (Lipinski definition) is 2. The number of halogens is 2. The molecule has 1 fully saturated rings. The third-order valence-electron chi connectivity index (χ3n) is 8.09. The van der Waals surface area contributed by atoms with Crippen LogP contribution in [-0.4, -0.2) is 43.4 Å². The van der Waals surface area contributed by atoms with Crippen molar-refractivity contribution in [1.82, 2.24) is 0 Å². The number of aryl methyl sites for hydroxylation is 1. The fourth-order valence-electron chi connectivity index (χ4n) is 5.74. The van der Waals surface area contributed by atoms with E-state index in [1.165, 1.54) is 16.5 Å². The highest BCUT2D eigenvalue weighted by Gasteiger charge is 2.34. The Morgan fingerprint density at radius 2 is 1.77 bits per heavy atom. The zero-order valence-electron chi connectivity index (χ0n) is 23.2. The van der Waals surface area contributed by atoms with Crippen LogP contribution in [0.2, 0.25) is 5.02 Å². The second-order valence-corrected chi connectivity index (χ2v) is 11.3. The summed E-state index contributed by atoms with van der Waals surface area (Å²) in [6.45, 7) is 4.15. The summed E-state index contributed by atoms with van der Waals surface area (Å²) >= 11 is 6.60. The number of piperidine rings is 1. The Balaban J connectivity index is 1.27. The maximum atomic E-state index is 15.2. The van der Waals surface area contributed by atoms with Crippen molar-refractivity contribution in [2.75, 3.05) is 41.9 Å². The minimum absolute atomic E-state index is 0.105. The van der Waals surface area contributed by atoms with E-state index in [1.54, 1.807) is 13.2 Å². The molecule has 0 aromatic heterocycles. The summed E-state index contributed by atoms with van der Waals surface area (Å²) in [5.41, 5.74) is 4.08. The van der Waals surface area contributed by atoms with Crippen molar-refractivity contribution < 1.29 is 19.0 Å². The minimum Gasteiger partial charge on any atom is -0.497 e. The number of aliphatic hydroxyl groups is 1. The van der Waals surface area contributed by atoms with Crippen molar-refractivity contribution in [3.63, 3.8) is 0 Å². The lowest BCUT2D eigenvalue weighted by Crippen LogP contribution is -2.48. The Morgan fingerprint density at radius 3 is 2.45 bits per heavy atom. The van der Waals surface area contributed by atoms with Gasteiger partial charge < -0.3 is 25.0 Å². The molecule has 3 aromatic rings. The van der Waals surface area contributed by atoms with E-state index in [0.29, 0.717) is 51.0 Å². The summed E-state index contributed by atoms with van der Waals surface area (Å²) in [7, 11) is 1.60. The van der Waals surface area contributed by atoms with E-state index in [-0.39, 0.29) is 12.5 Å². The maximum absolute atomic E-state index is 15.2. The van der Waals surface area contributed by atoms with E-state index in [2.05, 4.69) is 29.3 Å². The topological polar surface area (TPSA) is 65.0 Å². The third-order valence-corrected chi connectivity index (χ3v) is 8.39. The van der Waals surface area contributed by atoms with Gasteiger partial charge in [-0.3, -0.25) is 4.79 Å². The van der Waals surface area contributed by atoms with Gasteiger partial charge in [0.15, 0.2) is 0 Å². The number of nitrogens with zero attached hydrogens (tertiary/aromatic N) is 2. The molecule has 0 bridgehead atoms. The first-order valence-corrected chi connectivity index (χ1v) is 14.4. The number of benzene rings is 3. The zero-order chi connectivity index (χ0) is 28.3. The molecular formula is C32H37ClFN3O3. The molecule has 0 spiro atoms. The van der Waals surface area contributed by atoms with Crippen LogP contribution in [0.15, 0.2) is 54.6 Å². The van der Waals surface area contributed by atoms with Crippen molar-refractivity contribution in [3.8, 4) is 5.75 Å². The molecule has 6 nitrogen and oxygen atoms in total. The summed E-state index contributed by atoms with van der Waals surface area (Å²) < 4.78 is 20.4. The average Bonchev–Trinajstić information content (AvgIpc) is 2.95. The van der Waals surface area contributed by atoms with Gasteiger partial charge in [0.2, 0.25) is 5.91 Å². The van der Waals surface area contributed by atoms with Gasteiger partial charge in [0.1, 0.15) is 11.6 Å². The van der Waals surface area contributed by atoms with Crippen LogP contribution in [0.3, 0.4) is 0 Å². The SMILES string of the molecule is CCCc1ccc(N2CCC(O)(CNc3ccc(F)c4c3CCC(=O)N4Cc3ccc(OC)cc3)CC2)c(Cl)c1. The monoisotopic (exact) mass is 565 g/mol. The largest absolute Gasteiger partial charge is 0.497 e. The van der Waals surface area contributed by atoms with Crippen LogP contribution in [0.5, 0.6) is 5.75 Å². The number of rotatable bonds is 9. The smallest absolute Gasteiger partial charge is 0.227 e. The van der Waals surface area contributed by atoms with E-state index in [9.17, 15) is 9.90 Å². The Kier molecular flexibility index (Phi) is 8.52. The molecule has 1 amide bonds. The molecule has 212 valence electrons. The zero-order valence-corrected chi connectivity index (χ0v) is 23.9. The van der Waals surface area contributed by atoms with Gasteiger partial charge in [-0.1, -0.05) is 43.1 Å². The van der Waals surface area contributed by atoms with E-state index in [1.807, 2.05) is 30.3 Å². The van der Waals surface area contributed by atoms with Gasteiger partial charge in [-0.25, -0.2) is 4.39 Å². The minimum atomic E-state index is -0.903. The Labute approximate surface area is 240 Å². The van der Waals surface area contributed by atoms with Crippen molar-refractivity contribution in [2.24, 2.45) is 0 Å². The molecule has 40 heavy (non-hydrogen) atoms. The molecule has 2 aliphatic heterocycles. The van der Waals surface area contributed by atoms with E-state index in [4.69, 9.17) is 16.3 Å². The standard InChI is InChI=1S/C32H37ClFN3O3/c1-3-4-22-7-13-29(26(33)19-22)36-17-15-32(39,16-18-36)21-35-28-12-11-27(34)31-25(28)10-14-30(38)37(31)20-23-5-8-24(40-2)9-6-23/h5-9,11-13,19,35,39H,3-4,10,14-18,20-21H2,1-2H3. The van der Waals surface area contributed by atoms with Crippen LogP contribution < -0.4 is 19.9 Å². The van der Waals surface area contributed by atoms with Crippen molar-refractivity contribution in [3.05, 3.63) is 82.1 Å². The van der Waals surface area contributed by atoms with Gasteiger partial charge in [0.25, 0.3) is 0 Å². The molecule has 5 rings (SSSR count). The molecule has 1 saturated heterocycles. The number of methoxy groups -OCH3 is 1. The molecule has 8 heteroatoms. The number of ether oxygens (including phenoxy) is 1. The van der Waals surface area contributed by atoms with Crippen LogP contribution in [0.25, 0.3) is 0 Å². The second kappa shape index (κ2) is 12.1. The number of nitrogens with one attached hydrogen (secondary N) is 1. The van der Waals surface area contributed by atoms with Crippen molar-refractivity contribution in [1.29, 1.82) is 0 Å². The molecular weight excluding hydrogens is 529 g/mol. The highest BCUT2D eigenvalue weighted by atomic mass is 35.5. The fraction of sp³-hybridized carbons (Fsp3) is 0.406. The summed E-state index contributed by atoms with van der Waals surface area (Å²) in [4.78, 5) is 16.6. The predicted octanol–water partition coefficient (Wildman–Crippen LogP) is 6.36. The molecule has 2 N–H and O–H groups in total. The highest BCUT2D eigenvalue weighted by molar-refractivity contribution is 6.33. The van der Waals surface area contributed by atoms with Crippen LogP contribution in [-0.2, 0) is 24.2 Å². The number of anilines is 3. The first kappa shape index (κ1) is 28.2. The van der Waals surface area contributed by atoms with Crippen LogP contribution >= 0.6 is 11.6 Å². The first-order chi connectivity index (χ1) is 19.3. The van der Waals surface area contributed by atoms with Gasteiger partial charge in [0.05, 0.1) is 35.7 Å². The van der Waals surface area contributed by atoms with Gasteiger partial charge in [-0.15, -0.1) is 0 Å². The average molecular weight is 566 g/mol. The number of carbonyl (C=O) groups is 1. The second-order valence-electron chi connectivity index (χ2n) is 10.9. The molecule has 2 heterocycles. The summed E-state index contributed by atoms with van der Waals surface area (Å²) in [5, 5.41) is 15.5. The van der Waals surface area contributed by atoms with E-state index >= 15 is 4.39 Å². The van der Waals surface area contributed by atoms with Gasteiger partial charge in [0, 0.05) is 37.3 Å².